The fraction of sp³-hybridized carbons (Fsp3) is 0.524. The first kappa shape index (κ1) is 23.7. The van der Waals surface area contributed by atoms with Crippen LogP contribution in [0.3, 0.4) is 0 Å². The summed E-state index contributed by atoms with van der Waals surface area (Å²) in [5, 5.41) is 9.39. The molecule has 0 aliphatic carbocycles. The molecule has 0 radical (unpaired) electrons. The summed E-state index contributed by atoms with van der Waals surface area (Å²) < 4.78 is 32.1. The molecule has 9 heteroatoms. The van der Waals surface area contributed by atoms with E-state index in [0.29, 0.717) is 5.69 Å². The van der Waals surface area contributed by atoms with Crippen molar-refractivity contribution in [2.45, 2.75) is 43.5 Å². The van der Waals surface area contributed by atoms with Gasteiger partial charge in [0.25, 0.3) is 0 Å². The van der Waals surface area contributed by atoms with Crippen molar-refractivity contribution in [2.24, 2.45) is 0 Å². The molecule has 1 aromatic carbocycles. The number of methoxy groups -OCH3 is 1. The Morgan fingerprint density at radius 1 is 1.33 bits per heavy atom. The number of amides is 1. The minimum absolute atomic E-state index is 0.0712. The maximum Gasteiger partial charge on any atom is 0.414 e. The Bertz CT molecular complexity index is 930. The molecule has 0 aromatic heterocycles. The van der Waals surface area contributed by atoms with Crippen LogP contribution in [0.1, 0.15) is 38.2 Å². The van der Waals surface area contributed by atoms with Crippen LogP contribution >= 0.6 is 0 Å². The highest BCUT2D eigenvalue weighted by molar-refractivity contribution is 7.92. The number of ether oxygens (including phenoxy) is 2. The number of nitrogens with zero attached hydrogens (tertiary/aromatic N) is 1. The fourth-order valence-corrected chi connectivity index (χ4v) is 3.83. The number of sulfone groups is 1. The quantitative estimate of drug-likeness (QED) is 0.467. The standard InChI is InChI=1S/C21H27NO7S/c1-21(19(23)24,30(3,26)27)14-18-15-22(20(25)29-18)17-11-9-16(10-12-17)8-6-4-5-7-13-28-2/h9-12,18H,4-5,7,13-15H2,1-3H3,(H,23,24)/t18-,21+/m0/s1. The van der Waals surface area contributed by atoms with Crippen LogP contribution in [0, 0.1) is 11.8 Å². The lowest BCUT2D eigenvalue weighted by Crippen LogP contribution is -2.46. The molecule has 1 aliphatic heterocycles. The first-order chi connectivity index (χ1) is 14.1. The number of carboxylic acids is 1. The van der Waals surface area contributed by atoms with E-state index in [-0.39, 0.29) is 13.0 Å². The number of hydrogen-bond acceptors (Lipinski definition) is 6. The number of carbonyl (C=O) groups is 2. The summed E-state index contributed by atoms with van der Waals surface area (Å²) in [5.74, 6) is 4.69. The van der Waals surface area contributed by atoms with Crippen molar-refractivity contribution in [1.29, 1.82) is 0 Å². The van der Waals surface area contributed by atoms with Gasteiger partial charge in [-0.3, -0.25) is 9.69 Å². The largest absolute Gasteiger partial charge is 0.480 e. The zero-order chi connectivity index (χ0) is 22.4. The zero-order valence-electron chi connectivity index (χ0n) is 17.4. The number of rotatable bonds is 9. The molecule has 1 heterocycles. The Morgan fingerprint density at radius 3 is 2.57 bits per heavy atom. The average molecular weight is 438 g/mol. The van der Waals surface area contributed by atoms with E-state index >= 15 is 0 Å². The summed E-state index contributed by atoms with van der Waals surface area (Å²) in [7, 11) is -2.24. The lowest BCUT2D eigenvalue weighted by atomic mass is 10.0. The smallest absolute Gasteiger partial charge is 0.414 e. The van der Waals surface area contributed by atoms with Gasteiger partial charge < -0.3 is 14.6 Å². The van der Waals surface area contributed by atoms with Crippen molar-refractivity contribution in [3.8, 4) is 11.8 Å². The number of hydrogen-bond donors (Lipinski definition) is 1. The second-order valence-corrected chi connectivity index (χ2v) is 9.87. The van der Waals surface area contributed by atoms with Crippen molar-refractivity contribution >= 4 is 27.6 Å². The van der Waals surface area contributed by atoms with Gasteiger partial charge in [0.1, 0.15) is 6.10 Å². The topological polar surface area (TPSA) is 110 Å². The van der Waals surface area contributed by atoms with Gasteiger partial charge in [-0.2, -0.15) is 0 Å². The molecular weight excluding hydrogens is 410 g/mol. The fourth-order valence-electron chi connectivity index (χ4n) is 3.02. The van der Waals surface area contributed by atoms with E-state index < -0.39 is 32.8 Å². The van der Waals surface area contributed by atoms with Crippen molar-refractivity contribution in [2.75, 3.05) is 31.4 Å². The number of aliphatic carboxylic acids is 1. The highest BCUT2D eigenvalue weighted by Gasteiger charge is 2.48. The summed E-state index contributed by atoms with van der Waals surface area (Å²) in [4.78, 5) is 25.1. The number of benzene rings is 1. The predicted molar refractivity (Wildman–Crippen MR) is 112 cm³/mol. The number of carbonyl (C=O) groups excluding carboxylic acids is 1. The molecule has 2 atom stereocenters. The Kier molecular flexibility index (Phi) is 7.87. The molecule has 1 aliphatic rings. The predicted octanol–water partition coefficient (Wildman–Crippen LogP) is 2.46. The molecule has 1 amide bonds. The molecule has 1 N–H and O–H groups in total. The van der Waals surface area contributed by atoms with E-state index in [1.165, 1.54) is 4.90 Å². The third-order valence-electron chi connectivity index (χ3n) is 5.07. The third kappa shape index (κ3) is 5.74. The van der Waals surface area contributed by atoms with Crippen LogP contribution < -0.4 is 4.90 Å². The van der Waals surface area contributed by atoms with Crippen LogP contribution in [0.5, 0.6) is 0 Å². The van der Waals surface area contributed by atoms with E-state index in [4.69, 9.17) is 9.47 Å². The van der Waals surface area contributed by atoms with Crippen LogP contribution in [0.15, 0.2) is 24.3 Å². The molecule has 1 saturated heterocycles. The Morgan fingerprint density at radius 2 is 2.00 bits per heavy atom. The van der Waals surface area contributed by atoms with Crippen LogP contribution in [0.2, 0.25) is 0 Å². The van der Waals surface area contributed by atoms with Crippen LogP contribution in [0.4, 0.5) is 10.5 Å². The highest BCUT2D eigenvalue weighted by Crippen LogP contribution is 2.30. The van der Waals surface area contributed by atoms with E-state index in [9.17, 15) is 23.1 Å². The van der Waals surface area contributed by atoms with Gasteiger partial charge in [-0.1, -0.05) is 11.8 Å². The molecule has 0 bridgehead atoms. The molecule has 30 heavy (non-hydrogen) atoms. The summed E-state index contributed by atoms with van der Waals surface area (Å²) in [6.07, 6.45) is 1.75. The van der Waals surface area contributed by atoms with Gasteiger partial charge in [0, 0.05) is 44.1 Å². The SMILES string of the molecule is COCCCCC#Cc1ccc(N2C[C@H](C[C@](C)(C(=O)O)S(C)(=O)=O)OC2=O)cc1. The second-order valence-electron chi connectivity index (χ2n) is 7.43. The number of anilines is 1. The van der Waals surface area contributed by atoms with Crippen LogP contribution in [-0.2, 0) is 24.1 Å². The van der Waals surface area contributed by atoms with E-state index in [0.717, 1.165) is 44.6 Å². The molecule has 2 rings (SSSR count). The lowest BCUT2D eigenvalue weighted by molar-refractivity contribution is -0.140. The van der Waals surface area contributed by atoms with Crippen molar-refractivity contribution < 1.29 is 32.6 Å². The van der Waals surface area contributed by atoms with Gasteiger partial charge in [0.2, 0.25) is 0 Å². The Hall–Kier alpha value is -2.57. The van der Waals surface area contributed by atoms with Crippen molar-refractivity contribution in [3.63, 3.8) is 0 Å². The van der Waals surface area contributed by atoms with E-state index in [1.54, 1.807) is 31.4 Å². The van der Waals surface area contributed by atoms with Crippen LogP contribution in [0.25, 0.3) is 0 Å². The van der Waals surface area contributed by atoms with Gasteiger partial charge in [-0.05, 0) is 44.0 Å². The minimum atomic E-state index is -3.90. The normalized spacial score (nSPS) is 18.3. The molecule has 8 nitrogen and oxygen atoms in total. The summed E-state index contributed by atoms with van der Waals surface area (Å²) in [6.45, 7) is 1.92. The lowest BCUT2D eigenvalue weighted by Gasteiger charge is -2.24. The van der Waals surface area contributed by atoms with Crippen molar-refractivity contribution in [3.05, 3.63) is 29.8 Å². The number of unbranched alkanes of at least 4 members (excludes halogenated alkanes) is 2. The van der Waals surface area contributed by atoms with E-state index in [1.807, 2.05) is 0 Å². The maximum absolute atomic E-state index is 12.2. The molecule has 0 saturated carbocycles. The maximum atomic E-state index is 12.2. The molecular formula is C21H27NO7S. The van der Waals surface area contributed by atoms with Gasteiger partial charge in [-0.15, -0.1) is 0 Å². The molecule has 1 fully saturated rings. The third-order valence-corrected chi connectivity index (χ3v) is 7.05. The first-order valence-electron chi connectivity index (χ1n) is 9.57. The van der Waals surface area contributed by atoms with Crippen LogP contribution in [-0.4, -0.2) is 63.0 Å². The average Bonchev–Trinajstić information content (AvgIpc) is 3.04. The number of carboxylic acid groups (broad SMARTS) is 1. The first-order valence-corrected chi connectivity index (χ1v) is 11.5. The molecule has 1 aromatic rings. The molecule has 164 valence electrons. The minimum Gasteiger partial charge on any atom is -0.480 e. The monoisotopic (exact) mass is 437 g/mol. The molecule has 0 spiro atoms. The summed E-state index contributed by atoms with van der Waals surface area (Å²) in [5.41, 5.74) is 1.38. The van der Waals surface area contributed by atoms with Gasteiger partial charge in [-0.25, -0.2) is 13.2 Å². The van der Waals surface area contributed by atoms with Crippen molar-refractivity contribution in [1.82, 2.24) is 0 Å². The Balaban J connectivity index is 2.02. The summed E-state index contributed by atoms with van der Waals surface area (Å²) in [6, 6.07) is 7.03. The summed E-state index contributed by atoms with van der Waals surface area (Å²) >= 11 is 0. The highest BCUT2D eigenvalue weighted by atomic mass is 32.2. The zero-order valence-corrected chi connectivity index (χ0v) is 18.2. The van der Waals surface area contributed by atoms with Gasteiger partial charge in [0.05, 0.1) is 6.54 Å². The van der Waals surface area contributed by atoms with Gasteiger partial charge in [0.15, 0.2) is 14.6 Å². The molecule has 0 unspecified atom stereocenters. The van der Waals surface area contributed by atoms with Gasteiger partial charge >= 0.3 is 12.1 Å². The number of cyclic esters (lactones) is 1. The second kappa shape index (κ2) is 9.96. The van der Waals surface area contributed by atoms with E-state index in [2.05, 4.69) is 11.8 Å². The Labute approximate surface area is 177 Å².